The van der Waals surface area contributed by atoms with E-state index in [0.717, 1.165) is 12.0 Å². The van der Waals surface area contributed by atoms with Crippen LogP contribution in [0.25, 0.3) is 0 Å². The standard InChI is InChI=1S/C14H18FN3OS.ClH/c1-9(2)7-12(16)13-17-18-14(19-13)20-8-10-3-5-11(15)6-4-10;/h3-6,9,12H,7-8,16H2,1-2H3;1H/t12-;/m0./s1. The highest BCUT2D eigenvalue weighted by atomic mass is 35.5. The predicted molar refractivity (Wildman–Crippen MR) is 83.9 cm³/mol. The maximum atomic E-state index is 12.8. The zero-order valence-corrected chi connectivity index (χ0v) is 13.6. The average molecular weight is 332 g/mol. The zero-order valence-electron chi connectivity index (χ0n) is 12.0. The van der Waals surface area contributed by atoms with Crippen molar-refractivity contribution in [2.24, 2.45) is 11.7 Å². The number of rotatable bonds is 6. The molecule has 2 N–H and O–H groups in total. The fourth-order valence-corrected chi connectivity index (χ4v) is 2.49. The van der Waals surface area contributed by atoms with Crippen molar-refractivity contribution in [2.45, 2.75) is 37.3 Å². The van der Waals surface area contributed by atoms with Crippen molar-refractivity contribution in [1.82, 2.24) is 10.2 Å². The second-order valence-corrected chi connectivity index (χ2v) is 5.98. The van der Waals surface area contributed by atoms with Gasteiger partial charge in [0.05, 0.1) is 6.04 Å². The molecule has 1 aromatic carbocycles. The van der Waals surface area contributed by atoms with Gasteiger partial charge in [-0.2, -0.15) is 0 Å². The molecule has 1 atom stereocenters. The Morgan fingerprint density at radius 3 is 2.52 bits per heavy atom. The van der Waals surface area contributed by atoms with Crippen LogP contribution in [-0.4, -0.2) is 10.2 Å². The topological polar surface area (TPSA) is 64.9 Å². The van der Waals surface area contributed by atoms with E-state index in [1.807, 2.05) is 0 Å². The van der Waals surface area contributed by atoms with Gasteiger partial charge in [-0.25, -0.2) is 4.39 Å². The van der Waals surface area contributed by atoms with Crippen LogP contribution in [0.5, 0.6) is 0 Å². The summed E-state index contributed by atoms with van der Waals surface area (Å²) in [5.41, 5.74) is 6.99. The van der Waals surface area contributed by atoms with Crippen LogP contribution >= 0.6 is 24.2 Å². The number of benzene rings is 1. The van der Waals surface area contributed by atoms with E-state index in [4.69, 9.17) is 10.2 Å². The normalized spacial score (nSPS) is 12.2. The lowest BCUT2D eigenvalue weighted by atomic mass is 10.1. The van der Waals surface area contributed by atoms with Crippen LogP contribution < -0.4 is 5.73 Å². The van der Waals surface area contributed by atoms with Gasteiger partial charge in [0.1, 0.15) is 5.82 Å². The van der Waals surface area contributed by atoms with Crippen molar-refractivity contribution in [3.05, 3.63) is 41.5 Å². The Morgan fingerprint density at radius 1 is 1.24 bits per heavy atom. The zero-order chi connectivity index (χ0) is 14.5. The molecule has 0 aliphatic carbocycles. The van der Waals surface area contributed by atoms with Gasteiger partial charge in [-0.15, -0.1) is 22.6 Å². The van der Waals surface area contributed by atoms with Gasteiger partial charge in [-0.05, 0) is 30.0 Å². The fraction of sp³-hybridized carbons (Fsp3) is 0.429. The minimum atomic E-state index is -0.238. The number of aromatic nitrogens is 2. The summed E-state index contributed by atoms with van der Waals surface area (Å²) >= 11 is 1.42. The molecule has 4 nitrogen and oxygen atoms in total. The lowest BCUT2D eigenvalue weighted by Gasteiger charge is -2.08. The molecule has 0 saturated carbocycles. The van der Waals surface area contributed by atoms with Crippen molar-refractivity contribution in [1.29, 1.82) is 0 Å². The molecule has 1 aromatic heterocycles. The van der Waals surface area contributed by atoms with Gasteiger partial charge in [0.15, 0.2) is 0 Å². The first-order valence-electron chi connectivity index (χ1n) is 6.51. The molecule has 1 heterocycles. The van der Waals surface area contributed by atoms with Crippen LogP contribution in [0.2, 0.25) is 0 Å². The summed E-state index contributed by atoms with van der Waals surface area (Å²) < 4.78 is 18.3. The minimum Gasteiger partial charge on any atom is -0.414 e. The second-order valence-electron chi connectivity index (χ2n) is 5.06. The highest BCUT2D eigenvalue weighted by Gasteiger charge is 2.16. The molecule has 0 fully saturated rings. The molecular weight excluding hydrogens is 313 g/mol. The van der Waals surface area contributed by atoms with Gasteiger partial charge >= 0.3 is 0 Å². The Labute approximate surface area is 134 Å². The number of hydrogen-bond acceptors (Lipinski definition) is 5. The average Bonchev–Trinajstić information content (AvgIpc) is 2.86. The molecule has 0 bridgehead atoms. The Balaban J connectivity index is 0.00000220. The molecule has 0 aliphatic heterocycles. The summed E-state index contributed by atoms with van der Waals surface area (Å²) in [7, 11) is 0. The first-order chi connectivity index (χ1) is 9.54. The highest BCUT2D eigenvalue weighted by Crippen LogP contribution is 2.24. The van der Waals surface area contributed by atoms with Crippen molar-refractivity contribution in [2.75, 3.05) is 0 Å². The van der Waals surface area contributed by atoms with Crippen molar-refractivity contribution in [3.8, 4) is 0 Å². The van der Waals surface area contributed by atoms with Gasteiger partial charge in [0.25, 0.3) is 5.22 Å². The molecule has 2 rings (SSSR count). The maximum Gasteiger partial charge on any atom is 0.276 e. The molecule has 0 saturated heterocycles. The van der Waals surface area contributed by atoms with Crippen molar-refractivity contribution >= 4 is 24.2 Å². The number of thioether (sulfide) groups is 1. The molecular formula is C14H19ClFN3OS. The molecule has 116 valence electrons. The summed E-state index contributed by atoms with van der Waals surface area (Å²) in [6, 6.07) is 6.14. The van der Waals surface area contributed by atoms with Crippen LogP contribution in [0.1, 0.15) is 37.8 Å². The smallest absolute Gasteiger partial charge is 0.276 e. The number of hydrogen-bond donors (Lipinski definition) is 1. The van der Waals surface area contributed by atoms with E-state index in [-0.39, 0.29) is 24.3 Å². The van der Waals surface area contributed by atoms with E-state index in [0.29, 0.717) is 22.8 Å². The molecule has 0 aliphatic rings. The van der Waals surface area contributed by atoms with Crippen LogP contribution in [-0.2, 0) is 5.75 Å². The maximum absolute atomic E-state index is 12.8. The third kappa shape index (κ3) is 5.65. The Kier molecular flexibility index (Phi) is 7.14. The van der Waals surface area contributed by atoms with Gasteiger partial charge < -0.3 is 10.2 Å². The quantitative estimate of drug-likeness (QED) is 0.811. The van der Waals surface area contributed by atoms with E-state index in [1.165, 1.54) is 23.9 Å². The van der Waals surface area contributed by atoms with E-state index >= 15 is 0 Å². The molecule has 0 radical (unpaired) electrons. The summed E-state index contributed by atoms with van der Waals surface area (Å²) in [6.07, 6.45) is 0.810. The third-order valence-corrected chi connectivity index (χ3v) is 3.63. The fourth-order valence-electron chi connectivity index (χ4n) is 1.76. The van der Waals surface area contributed by atoms with E-state index in [1.54, 1.807) is 12.1 Å². The Bertz CT molecular complexity index is 547. The van der Waals surface area contributed by atoms with E-state index in [2.05, 4.69) is 24.0 Å². The Morgan fingerprint density at radius 2 is 1.90 bits per heavy atom. The summed E-state index contributed by atoms with van der Waals surface area (Å²) in [5.74, 6) is 1.37. The molecule has 0 amide bonds. The van der Waals surface area contributed by atoms with E-state index < -0.39 is 0 Å². The van der Waals surface area contributed by atoms with Crippen LogP contribution in [0.15, 0.2) is 33.9 Å². The number of nitrogens with zero attached hydrogens (tertiary/aromatic N) is 2. The lowest BCUT2D eigenvalue weighted by molar-refractivity contribution is 0.361. The lowest BCUT2D eigenvalue weighted by Crippen LogP contribution is -2.13. The van der Waals surface area contributed by atoms with Crippen LogP contribution in [0, 0.1) is 11.7 Å². The Hall–Kier alpha value is -1.11. The predicted octanol–water partition coefficient (Wildman–Crippen LogP) is 3.97. The van der Waals surface area contributed by atoms with E-state index in [9.17, 15) is 4.39 Å². The molecule has 7 heteroatoms. The number of nitrogens with two attached hydrogens (primary N) is 1. The molecule has 21 heavy (non-hydrogen) atoms. The summed E-state index contributed by atoms with van der Waals surface area (Å²) in [5, 5.41) is 8.43. The number of halogens is 2. The van der Waals surface area contributed by atoms with Gasteiger partial charge in [0.2, 0.25) is 5.89 Å². The van der Waals surface area contributed by atoms with Gasteiger partial charge in [-0.3, -0.25) is 0 Å². The molecule has 0 spiro atoms. The monoisotopic (exact) mass is 331 g/mol. The molecule has 2 aromatic rings. The third-order valence-electron chi connectivity index (χ3n) is 2.74. The first-order valence-corrected chi connectivity index (χ1v) is 7.49. The second kappa shape index (κ2) is 8.36. The highest BCUT2D eigenvalue weighted by molar-refractivity contribution is 7.98. The van der Waals surface area contributed by atoms with Crippen LogP contribution in [0.4, 0.5) is 4.39 Å². The first kappa shape index (κ1) is 17.9. The van der Waals surface area contributed by atoms with Gasteiger partial charge in [-0.1, -0.05) is 37.7 Å². The summed E-state index contributed by atoms with van der Waals surface area (Å²) in [6.45, 7) is 4.20. The van der Waals surface area contributed by atoms with Gasteiger partial charge in [0, 0.05) is 5.75 Å². The summed E-state index contributed by atoms with van der Waals surface area (Å²) in [4.78, 5) is 0. The van der Waals surface area contributed by atoms with Crippen molar-refractivity contribution < 1.29 is 8.81 Å². The van der Waals surface area contributed by atoms with Crippen LogP contribution in [0.3, 0.4) is 0 Å². The molecule has 0 unspecified atom stereocenters. The SMILES string of the molecule is CC(C)C[C@H](N)c1nnc(SCc2ccc(F)cc2)o1.Cl. The minimum absolute atomic E-state index is 0. The largest absolute Gasteiger partial charge is 0.414 e. The van der Waals surface area contributed by atoms with Crippen molar-refractivity contribution in [3.63, 3.8) is 0 Å².